The quantitative estimate of drug-likeness (QED) is 0.908. The summed E-state index contributed by atoms with van der Waals surface area (Å²) in [7, 11) is 0. The van der Waals surface area contributed by atoms with Crippen molar-refractivity contribution in [3.05, 3.63) is 43.0 Å². The van der Waals surface area contributed by atoms with Gasteiger partial charge in [-0.1, -0.05) is 18.6 Å². The fourth-order valence-electron chi connectivity index (χ4n) is 2.91. The summed E-state index contributed by atoms with van der Waals surface area (Å²) in [5.74, 6) is 0.0855. The smallest absolute Gasteiger partial charge is 0.227 e. The topological polar surface area (TPSA) is 72.9 Å². The standard InChI is InChI=1S/C16H20N4O/c17-13-5-3-4-12(10-13)16(21)19-14-6-1-2-7-15(14)20-9-8-18-11-20/h1-2,6-9,11-13H,3-5,10,17H2,(H,19,21). The van der Waals surface area contributed by atoms with Gasteiger partial charge in [0.15, 0.2) is 0 Å². The van der Waals surface area contributed by atoms with E-state index in [0.29, 0.717) is 0 Å². The largest absolute Gasteiger partial charge is 0.328 e. The zero-order valence-corrected chi connectivity index (χ0v) is 11.9. The predicted molar refractivity (Wildman–Crippen MR) is 82.1 cm³/mol. The summed E-state index contributed by atoms with van der Waals surface area (Å²) in [6.45, 7) is 0. The van der Waals surface area contributed by atoms with Crippen LogP contribution in [0.3, 0.4) is 0 Å². The summed E-state index contributed by atoms with van der Waals surface area (Å²) < 4.78 is 1.89. The van der Waals surface area contributed by atoms with Gasteiger partial charge in [0, 0.05) is 24.4 Å². The minimum atomic E-state index is 0.0181. The van der Waals surface area contributed by atoms with Crippen LogP contribution in [0.15, 0.2) is 43.0 Å². The first-order chi connectivity index (χ1) is 10.2. The van der Waals surface area contributed by atoms with Crippen LogP contribution in [0.25, 0.3) is 5.69 Å². The van der Waals surface area contributed by atoms with Gasteiger partial charge >= 0.3 is 0 Å². The van der Waals surface area contributed by atoms with Crippen LogP contribution in [0.4, 0.5) is 5.69 Å². The molecule has 0 saturated heterocycles. The molecule has 1 fully saturated rings. The average molecular weight is 284 g/mol. The lowest BCUT2D eigenvalue weighted by Gasteiger charge is -2.26. The van der Waals surface area contributed by atoms with Gasteiger partial charge in [0.2, 0.25) is 5.91 Å². The number of nitrogens with one attached hydrogen (secondary N) is 1. The zero-order valence-electron chi connectivity index (χ0n) is 11.9. The summed E-state index contributed by atoms with van der Waals surface area (Å²) in [5.41, 5.74) is 7.70. The zero-order chi connectivity index (χ0) is 14.7. The van der Waals surface area contributed by atoms with E-state index >= 15 is 0 Å². The SMILES string of the molecule is NC1CCCC(C(=O)Nc2ccccc2-n2ccnc2)C1. The first kappa shape index (κ1) is 13.8. The van der Waals surface area contributed by atoms with E-state index in [0.717, 1.165) is 37.1 Å². The minimum absolute atomic E-state index is 0.0181. The minimum Gasteiger partial charge on any atom is -0.328 e. The Bertz CT molecular complexity index is 608. The van der Waals surface area contributed by atoms with Crippen molar-refractivity contribution in [2.24, 2.45) is 11.7 Å². The van der Waals surface area contributed by atoms with Crippen molar-refractivity contribution in [1.82, 2.24) is 9.55 Å². The number of benzene rings is 1. The number of nitrogens with two attached hydrogens (primary N) is 1. The molecule has 3 N–H and O–H groups in total. The Labute approximate surface area is 124 Å². The summed E-state index contributed by atoms with van der Waals surface area (Å²) in [6, 6.07) is 7.89. The van der Waals surface area contributed by atoms with Gasteiger partial charge in [-0.05, 0) is 31.4 Å². The van der Waals surface area contributed by atoms with Crippen molar-refractivity contribution >= 4 is 11.6 Å². The van der Waals surface area contributed by atoms with Gasteiger partial charge < -0.3 is 15.6 Å². The molecule has 1 aliphatic rings. The van der Waals surface area contributed by atoms with Crippen LogP contribution in [-0.2, 0) is 4.79 Å². The number of hydrogen-bond donors (Lipinski definition) is 2. The fourth-order valence-corrected chi connectivity index (χ4v) is 2.91. The molecule has 1 aliphatic carbocycles. The molecule has 5 heteroatoms. The summed E-state index contributed by atoms with van der Waals surface area (Å²) in [5, 5.41) is 3.05. The molecule has 2 atom stereocenters. The van der Waals surface area contributed by atoms with Crippen LogP contribution >= 0.6 is 0 Å². The third kappa shape index (κ3) is 3.13. The van der Waals surface area contributed by atoms with E-state index in [9.17, 15) is 4.79 Å². The Hall–Kier alpha value is -2.14. The number of hydrogen-bond acceptors (Lipinski definition) is 3. The van der Waals surface area contributed by atoms with E-state index in [1.54, 1.807) is 12.5 Å². The van der Waals surface area contributed by atoms with Crippen molar-refractivity contribution in [2.75, 3.05) is 5.32 Å². The van der Waals surface area contributed by atoms with Crippen molar-refractivity contribution in [3.8, 4) is 5.69 Å². The maximum atomic E-state index is 12.4. The van der Waals surface area contributed by atoms with E-state index in [-0.39, 0.29) is 17.9 Å². The van der Waals surface area contributed by atoms with Crippen LogP contribution in [0.1, 0.15) is 25.7 Å². The third-order valence-electron chi connectivity index (χ3n) is 4.03. The monoisotopic (exact) mass is 284 g/mol. The molecule has 0 spiro atoms. The summed E-state index contributed by atoms with van der Waals surface area (Å²) in [4.78, 5) is 16.5. The maximum Gasteiger partial charge on any atom is 0.227 e. The fraction of sp³-hybridized carbons (Fsp3) is 0.375. The molecule has 0 bridgehead atoms. The Morgan fingerprint density at radius 1 is 1.33 bits per heavy atom. The lowest BCUT2D eigenvalue weighted by Crippen LogP contribution is -2.34. The van der Waals surface area contributed by atoms with Crippen molar-refractivity contribution in [3.63, 3.8) is 0 Å². The molecule has 1 saturated carbocycles. The molecule has 21 heavy (non-hydrogen) atoms. The highest BCUT2D eigenvalue weighted by atomic mass is 16.1. The first-order valence-corrected chi connectivity index (χ1v) is 7.38. The normalized spacial score (nSPS) is 22.0. The number of para-hydroxylation sites is 2. The second-order valence-electron chi connectivity index (χ2n) is 5.60. The Balaban J connectivity index is 1.77. The van der Waals surface area contributed by atoms with Gasteiger partial charge in [-0.25, -0.2) is 4.98 Å². The van der Waals surface area contributed by atoms with Gasteiger partial charge in [0.05, 0.1) is 17.7 Å². The molecular formula is C16H20N4O. The number of amides is 1. The van der Waals surface area contributed by atoms with Gasteiger partial charge in [-0.3, -0.25) is 4.79 Å². The number of carbonyl (C=O) groups is 1. The molecule has 3 rings (SSSR count). The van der Waals surface area contributed by atoms with E-state index in [2.05, 4.69) is 10.3 Å². The van der Waals surface area contributed by atoms with Crippen LogP contribution in [-0.4, -0.2) is 21.5 Å². The third-order valence-corrected chi connectivity index (χ3v) is 4.03. The van der Waals surface area contributed by atoms with Crippen LogP contribution < -0.4 is 11.1 Å². The van der Waals surface area contributed by atoms with Crippen LogP contribution in [0, 0.1) is 5.92 Å². The van der Waals surface area contributed by atoms with E-state index in [4.69, 9.17) is 5.73 Å². The van der Waals surface area contributed by atoms with Crippen LogP contribution in [0.2, 0.25) is 0 Å². The lowest BCUT2D eigenvalue weighted by atomic mass is 9.85. The second kappa shape index (κ2) is 6.10. The highest BCUT2D eigenvalue weighted by Crippen LogP contribution is 2.26. The van der Waals surface area contributed by atoms with Gasteiger partial charge in [-0.15, -0.1) is 0 Å². The highest BCUT2D eigenvalue weighted by molar-refractivity contribution is 5.94. The molecule has 1 aromatic carbocycles. The average Bonchev–Trinajstić information content (AvgIpc) is 3.02. The number of anilines is 1. The molecule has 1 amide bonds. The highest BCUT2D eigenvalue weighted by Gasteiger charge is 2.25. The van der Waals surface area contributed by atoms with Gasteiger partial charge in [0.1, 0.15) is 0 Å². The lowest BCUT2D eigenvalue weighted by molar-refractivity contribution is -0.120. The molecule has 2 aromatic rings. The van der Waals surface area contributed by atoms with E-state index in [1.807, 2.05) is 35.0 Å². The summed E-state index contributed by atoms with van der Waals surface area (Å²) >= 11 is 0. The van der Waals surface area contributed by atoms with Crippen molar-refractivity contribution < 1.29 is 4.79 Å². The molecular weight excluding hydrogens is 264 g/mol. The number of carbonyl (C=O) groups excluding carboxylic acids is 1. The first-order valence-electron chi connectivity index (χ1n) is 7.38. The van der Waals surface area contributed by atoms with E-state index < -0.39 is 0 Å². The van der Waals surface area contributed by atoms with Crippen LogP contribution in [0.5, 0.6) is 0 Å². The molecule has 2 unspecified atom stereocenters. The number of rotatable bonds is 3. The Morgan fingerprint density at radius 3 is 2.95 bits per heavy atom. The molecule has 1 aromatic heterocycles. The van der Waals surface area contributed by atoms with Gasteiger partial charge in [-0.2, -0.15) is 0 Å². The van der Waals surface area contributed by atoms with Gasteiger partial charge in [0.25, 0.3) is 0 Å². The second-order valence-corrected chi connectivity index (χ2v) is 5.60. The number of aromatic nitrogens is 2. The number of imidazole rings is 1. The Kier molecular flexibility index (Phi) is 4.01. The molecule has 5 nitrogen and oxygen atoms in total. The van der Waals surface area contributed by atoms with Crippen molar-refractivity contribution in [1.29, 1.82) is 0 Å². The van der Waals surface area contributed by atoms with Crippen molar-refractivity contribution in [2.45, 2.75) is 31.7 Å². The molecule has 0 aliphatic heterocycles. The number of nitrogens with zero attached hydrogens (tertiary/aromatic N) is 2. The predicted octanol–water partition coefficient (Wildman–Crippen LogP) is 2.33. The summed E-state index contributed by atoms with van der Waals surface area (Å²) in [6.07, 6.45) is 9.06. The Morgan fingerprint density at radius 2 is 2.19 bits per heavy atom. The molecule has 0 radical (unpaired) electrons. The maximum absolute atomic E-state index is 12.4. The molecule has 110 valence electrons. The van der Waals surface area contributed by atoms with E-state index in [1.165, 1.54) is 0 Å². The molecule has 1 heterocycles.